The molecule has 1 aliphatic carbocycles. The van der Waals surface area contributed by atoms with Crippen LogP contribution in [0.2, 0.25) is 0 Å². The Morgan fingerprint density at radius 1 is 1.35 bits per heavy atom. The Labute approximate surface area is 153 Å². The van der Waals surface area contributed by atoms with Gasteiger partial charge in [0, 0.05) is 19.5 Å². The van der Waals surface area contributed by atoms with E-state index in [1.54, 1.807) is 11.9 Å². The third kappa shape index (κ3) is 4.82. The number of nitrogens with one attached hydrogen (secondary N) is 1. The molecule has 2 N–H and O–H groups in total. The van der Waals surface area contributed by atoms with Crippen molar-refractivity contribution in [2.75, 3.05) is 13.6 Å². The number of aliphatic hydroxyl groups excluding tert-OH is 1. The molecular formula is C19H26N4O3. The summed E-state index contributed by atoms with van der Waals surface area (Å²) in [5.41, 5.74) is 0.854. The molecule has 1 fully saturated rings. The van der Waals surface area contributed by atoms with E-state index in [0.29, 0.717) is 30.6 Å². The molecule has 2 aromatic rings. The van der Waals surface area contributed by atoms with Gasteiger partial charge in [-0.1, -0.05) is 48.3 Å². The van der Waals surface area contributed by atoms with Crippen molar-refractivity contribution in [3.63, 3.8) is 0 Å². The predicted octanol–water partition coefficient (Wildman–Crippen LogP) is 2.99. The van der Waals surface area contributed by atoms with Gasteiger partial charge in [0.25, 0.3) is 0 Å². The molecule has 2 amide bonds. The Morgan fingerprint density at radius 3 is 2.81 bits per heavy atom. The van der Waals surface area contributed by atoms with E-state index in [2.05, 4.69) is 15.5 Å². The quantitative estimate of drug-likeness (QED) is 0.794. The van der Waals surface area contributed by atoms with Crippen molar-refractivity contribution < 1.29 is 14.4 Å². The number of benzene rings is 1. The number of carbonyl (C=O) groups excluding carboxylic acids is 1. The lowest BCUT2D eigenvalue weighted by Crippen LogP contribution is -2.38. The molecule has 1 unspecified atom stereocenters. The maximum atomic E-state index is 12.2. The topological polar surface area (TPSA) is 91.5 Å². The summed E-state index contributed by atoms with van der Waals surface area (Å²) < 4.78 is 5.31. The smallest absolute Gasteiger partial charge is 0.317 e. The van der Waals surface area contributed by atoms with Crippen molar-refractivity contribution in [1.82, 2.24) is 20.4 Å². The van der Waals surface area contributed by atoms with Gasteiger partial charge in [0.15, 0.2) is 5.82 Å². The van der Waals surface area contributed by atoms with Gasteiger partial charge in [-0.15, -0.1) is 0 Å². The predicted molar refractivity (Wildman–Crippen MR) is 96.4 cm³/mol. The highest BCUT2D eigenvalue weighted by Gasteiger charge is 2.23. The maximum Gasteiger partial charge on any atom is 0.317 e. The normalized spacial score (nSPS) is 15.8. The Hall–Kier alpha value is -2.41. The van der Waals surface area contributed by atoms with Crippen LogP contribution in [0, 0.1) is 0 Å². The number of carbonyl (C=O) groups is 1. The number of aromatic nitrogens is 2. The van der Waals surface area contributed by atoms with Crippen molar-refractivity contribution in [2.45, 2.75) is 50.7 Å². The van der Waals surface area contributed by atoms with Crippen molar-refractivity contribution in [3.05, 3.63) is 47.6 Å². The second-order valence-electron chi connectivity index (χ2n) is 6.83. The molecule has 0 saturated heterocycles. The van der Waals surface area contributed by atoms with Gasteiger partial charge < -0.3 is 19.8 Å². The van der Waals surface area contributed by atoms with E-state index >= 15 is 0 Å². The zero-order valence-corrected chi connectivity index (χ0v) is 15.1. The van der Waals surface area contributed by atoms with Gasteiger partial charge >= 0.3 is 6.03 Å². The number of aliphatic hydroxyl groups is 1. The first-order valence-electron chi connectivity index (χ1n) is 9.18. The molecule has 1 aliphatic rings. The summed E-state index contributed by atoms with van der Waals surface area (Å²) in [6.45, 7) is 0.683. The van der Waals surface area contributed by atoms with Crippen molar-refractivity contribution >= 4 is 6.03 Å². The van der Waals surface area contributed by atoms with Crippen LogP contribution in [0.4, 0.5) is 4.79 Å². The van der Waals surface area contributed by atoms with Gasteiger partial charge in [0.2, 0.25) is 5.89 Å². The Morgan fingerprint density at radius 2 is 2.08 bits per heavy atom. The third-order valence-corrected chi connectivity index (χ3v) is 4.85. The highest BCUT2D eigenvalue weighted by atomic mass is 16.5. The van der Waals surface area contributed by atoms with Crippen LogP contribution in [-0.4, -0.2) is 39.8 Å². The van der Waals surface area contributed by atoms with E-state index in [1.165, 1.54) is 12.8 Å². The number of hydrogen-bond acceptors (Lipinski definition) is 5. The minimum atomic E-state index is -0.586. The number of hydrogen-bond donors (Lipinski definition) is 2. The number of nitrogens with zero attached hydrogens (tertiary/aromatic N) is 3. The van der Waals surface area contributed by atoms with Crippen LogP contribution >= 0.6 is 0 Å². The van der Waals surface area contributed by atoms with E-state index in [1.807, 2.05) is 30.3 Å². The fourth-order valence-electron chi connectivity index (χ4n) is 3.23. The van der Waals surface area contributed by atoms with E-state index in [0.717, 1.165) is 18.4 Å². The summed E-state index contributed by atoms with van der Waals surface area (Å²) in [6.07, 6.45) is 4.50. The lowest BCUT2D eigenvalue weighted by molar-refractivity contribution is 0.150. The first kappa shape index (κ1) is 18.4. The zero-order valence-electron chi connectivity index (χ0n) is 15.1. The van der Waals surface area contributed by atoms with Crippen molar-refractivity contribution in [3.8, 4) is 0 Å². The molecule has 0 aliphatic heterocycles. The molecular weight excluding hydrogens is 332 g/mol. The second-order valence-corrected chi connectivity index (χ2v) is 6.83. The molecule has 0 spiro atoms. The largest absolute Gasteiger partial charge is 0.388 e. The molecule has 0 radical (unpaired) electrons. The van der Waals surface area contributed by atoms with Gasteiger partial charge in [0.05, 0.1) is 12.6 Å². The van der Waals surface area contributed by atoms with Crippen LogP contribution in [0.5, 0.6) is 0 Å². The highest BCUT2D eigenvalue weighted by molar-refractivity contribution is 5.73. The minimum absolute atomic E-state index is 0.225. The molecule has 1 atom stereocenters. The third-order valence-electron chi connectivity index (χ3n) is 4.85. The van der Waals surface area contributed by atoms with Gasteiger partial charge in [-0.25, -0.2) is 4.79 Å². The zero-order chi connectivity index (χ0) is 18.4. The molecule has 3 rings (SSSR count). The molecule has 7 nitrogen and oxygen atoms in total. The molecule has 1 heterocycles. The van der Waals surface area contributed by atoms with E-state index in [4.69, 9.17) is 4.52 Å². The minimum Gasteiger partial charge on any atom is -0.388 e. The highest BCUT2D eigenvalue weighted by Crippen LogP contribution is 2.32. The average molecular weight is 358 g/mol. The Bertz CT molecular complexity index is 698. The SMILES string of the molecule is CN(CCC(O)c1ccccc1)C(=O)NCc1noc(C2CCCC2)n1. The average Bonchev–Trinajstić information content (AvgIpc) is 3.36. The van der Waals surface area contributed by atoms with Crippen LogP contribution in [0.25, 0.3) is 0 Å². The van der Waals surface area contributed by atoms with Crippen LogP contribution in [-0.2, 0) is 6.54 Å². The molecule has 7 heteroatoms. The van der Waals surface area contributed by atoms with Crippen LogP contribution in [0.1, 0.15) is 61.4 Å². The van der Waals surface area contributed by atoms with Gasteiger partial charge in [-0.3, -0.25) is 0 Å². The van der Waals surface area contributed by atoms with Gasteiger partial charge in [0.1, 0.15) is 0 Å². The van der Waals surface area contributed by atoms with Crippen LogP contribution in [0.15, 0.2) is 34.9 Å². The molecule has 1 aromatic heterocycles. The Kier molecular flexibility index (Phi) is 6.22. The summed E-state index contributed by atoms with van der Waals surface area (Å²) in [7, 11) is 1.70. The van der Waals surface area contributed by atoms with Crippen molar-refractivity contribution in [1.29, 1.82) is 0 Å². The lowest BCUT2D eigenvalue weighted by Gasteiger charge is -2.19. The molecule has 1 aromatic carbocycles. The summed E-state index contributed by atoms with van der Waals surface area (Å²) in [5.74, 6) is 1.55. The summed E-state index contributed by atoms with van der Waals surface area (Å²) >= 11 is 0. The molecule has 140 valence electrons. The van der Waals surface area contributed by atoms with Crippen LogP contribution < -0.4 is 5.32 Å². The second kappa shape index (κ2) is 8.80. The van der Waals surface area contributed by atoms with Gasteiger partial charge in [-0.2, -0.15) is 4.98 Å². The lowest BCUT2D eigenvalue weighted by atomic mass is 10.1. The van der Waals surface area contributed by atoms with E-state index in [-0.39, 0.29) is 12.6 Å². The summed E-state index contributed by atoms with van der Waals surface area (Å²) in [4.78, 5) is 18.1. The van der Waals surface area contributed by atoms with E-state index in [9.17, 15) is 9.90 Å². The first-order chi connectivity index (χ1) is 12.6. The van der Waals surface area contributed by atoms with Gasteiger partial charge in [-0.05, 0) is 24.8 Å². The monoisotopic (exact) mass is 358 g/mol. The first-order valence-corrected chi connectivity index (χ1v) is 9.18. The maximum absolute atomic E-state index is 12.2. The summed E-state index contributed by atoms with van der Waals surface area (Å²) in [5, 5.41) is 16.9. The number of amides is 2. The number of urea groups is 1. The number of rotatable bonds is 7. The fourth-order valence-corrected chi connectivity index (χ4v) is 3.23. The summed E-state index contributed by atoms with van der Waals surface area (Å²) in [6, 6.07) is 9.22. The van der Waals surface area contributed by atoms with Crippen LogP contribution in [0.3, 0.4) is 0 Å². The fraction of sp³-hybridized carbons (Fsp3) is 0.526. The van der Waals surface area contributed by atoms with E-state index < -0.39 is 6.10 Å². The van der Waals surface area contributed by atoms with Crippen molar-refractivity contribution in [2.24, 2.45) is 0 Å². The molecule has 1 saturated carbocycles. The standard InChI is InChI=1S/C19H26N4O3/c1-23(12-11-16(24)14-7-3-2-4-8-14)19(25)20-13-17-21-18(26-22-17)15-9-5-6-10-15/h2-4,7-8,15-16,24H,5-6,9-13H2,1H3,(H,20,25). The molecule has 0 bridgehead atoms. The molecule has 26 heavy (non-hydrogen) atoms. The Balaban J connectivity index is 1.41.